The van der Waals surface area contributed by atoms with Crippen molar-refractivity contribution in [3.05, 3.63) is 32.2 Å². The van der Waals surface area contributed by atoms with Crippen molar-refractivity contribution >= 4 is 21.9 Å². The molecule has 0 amide bonds. The quantitative estimate of drug-likeness (QED) is 0.867. The van der Waals surface area contributed by atoms with Crippen LogP contribution in [0.3, 0.4) is 0 Å². The number of halogens is 3. The van der Waals surface area contributed by atoms with E-state index in [1.807, 2.05) is 0 Å². The van der Waals surface area contributed by atoms with E-state index in [1.165, 1.54) is 0 Å². The maximum atomic E-state index is 12.6. The van der Waals surface area contributed by atoms with Gasteiger partial charge in [0, 0.05) is 11.8 Å². The van der Waals surface area contributed by atoms with Gasteiger partial charge in [-0.25, -0.2) is 8.78 Å². The van der Waals surface area contributed by atoms with Crippen molar-refractivity contribution in [2.45, 2.75) is 19.8 Å². The Kier molecular flexibility index (Phi) is 4.80. The van der Waals surface area contributed by atoms with Crippen LogP contribution in [0.1, 0.15) is 24.6 Å². The summed E-state index contributed by atoms with van der Waals surface area (Å²) in [5, 5.41) is 0. The molecule has 0 aromatic carbocycles. The highest BCUT2D eigenvalue weighted by molar-refractivity contribution is 9.10. The summed E-state index contributed by atoms with van der Waals surface area (Å²) in [5.41, 5.74) is -1.45. The van der Waals surface area contributed by atoms with Crippen molar-refractivity contribution in [3.8, 4) is 0 Å². The molecule has 1 aromatic heterocycles. The summed E-state index contributed by atoms with van der Waals surface area (Å²) in [6.07, 6.45) is -2.19. The smallest absolute Gasteiger partial charge is 0.310 e. The van der Waals surface area contributed by atoms with Crippen LogP contribution in [0.2, 0.25) is 0 Å². The molecule has 0 aliphatic carbocycles. The lowest BCUT2D eigenvalue weighted by Crippen LogP contribution is -2.20. The van der Waals surface area contributed by atoms with E-state index in [0.717, 1.165) is 6.20 Å². The van der Waals surface area contributed by atoms with Gasteiger partial charge in [-0.15, -0.1) is 0 Å². The fourth-order valence-electron chi connectivity index (χ4n) is 1.29. The summed E-state index contributed by atoms with van der Waals surface area (Å²) in [7, 11) is 0. The van der Waals surface area contributed by atoms with E-state index in [2.05, 4.69) is 25.7 Å². The van der Waals surface area contributed by atoms with Crippen molar-refractivity contribution in [1.29, 1.82) is 0 Å². The molecule has 0 atom stereocenters. The first-order valence-corrected chi connectivity index (χ1v) is 5.60. The lowest BCUT2D eigenvalue weighted by atomic mass is 10.1. The van der Waals surface area contributed by atoms with E-state index in [1.54, 1.807) is 6.92 Å². The second kappa shape index (κ2) is 5.90. The summed E-state index contributed by atoms with van der Waals surface area (Å²) in [6, 6.07) is 0. The Morgan fingerprint density at radius 3 is 2.76 bits per heavy atom. The third kappa shape index (κ3) is 3.36. The van der Waals surface area contributed by atoms with Gasteiger partial charge in [0.2, 0.25) is 0 Å². The molecule has 0 saturated heterocycles. The SMILES string of the molecule is CCOC(=O)Cc1c(C(F)F)[nH]cc(Br)c1=O. The van der Waals surface area contributed by atoms with Crippen molar-refractivity contribution in [2.24, 2.45) is 0 Å². The maximum Gasteiger partial charge on any atom is 0.310 e. The minimum absolute atomic E-state index is 0.0983. The van der Waals surface area contributed by atoms with E-state index in [4.69, 9.17) is 0 Å². The molecule has 0 bridgehead atoms. The summed E-state index contributed by atoms with van der Waals surface area (Å²) >= 11 is 2.92. The topological polar surface area (TPSA) is 59.2 Å². The van der Waals surface area contributed by atoms with Gasteiger partial charge >= 0.3 is 5.97 Å². The van der Waals surface area contributed by atoms with Gasteiger partial charge in [0.05, 0.1) is 23.2 Å². The molecule has 0 fully saturated rings. The average Bonchev–Trinajstić information content (AvgIpc) is 2.25. The number of esters is 1. The van der Waals surface area contributed by atoms with Crippen LogP contribution in [-0.4, -0.2) is 17.6 Å². The van der Waals surface area contributed by atoms with Gasteiger partial charge in [0.25, 0.3) is 6.43 Å². The van der Waals surface area contributed by atoms with Gasteiger partial charge in [-0.3, -0.25) is 9.59 Å². The number of nitrogens with one attached hydrogen (secondary N) is 1. The Balaban J connectivity index is 3.15. The van der Waals surface area contributed by atoms with Gasteiger partial charge in [-0.1, -0.05) is 0 Å². The molecule has 1 N–H and O–H groups in total. The summed E-state index contributed by atoms with van der Waals surface area (Å²) in [4.78, 5) is 25.1. The standard InChI is InChI=1S/C10H10BrF2NO3/c1-2-17-7(15)3-5-8(10(12)13)14-4-6(11)9(5)16/h4,10H,2-3H2,1H3,(H,14,16). The molecule has 0 aliphatic rings. The zero-order chi connectivity index (χ0) is 13.0. The largest absolute Gasteiger partial charge is 0.466 e. The summed E-state index contributed by atoms with van der Waals surface area (Å²) in [6.45, 7) is 1.73. The lowest BCUT2D eigenvalue weighted by Gasteiger charge is -2.08. The predicted molar refractivity (Wildman–Crippen MR) is 60.1 cm³/mol. The first kappa shape index (κ1) is 13.8. The van der Waals surface area contributed by atoms with Crippen LogP contribution < -0.4 is 5.43 Å². The molecule has 0 spiro atoms. The number of hydrogen-bond acceptors (Lipinski definition) is 3. The number of H-pyrrole nitrogens is 1. The number of alkyl halides is 2. The highest BCUT2D eigenvalue weighted by atomic mass is 79.9. The zero-order valence-electron chi connectivity index (χ0n) is 8.93. The average molecular weight is 310 g/mol. The van der Waals surface area contributed by atoms with Crippen LogP contribution in [0.25, 0.3) is 0 Å². The summed E-state index contributed by atoms with van der Waals surface area (Å²) in [5.74, 6) is -0.710. The van der Waals surface area contributed by atoms with Gasteiger partial charge in [-0.2, -0.15) is 0 Å². The van der Waals surface area contributed by atoms with Crippen molar-refractivity contribution in [1.82, 2.24) is 4.98 Å². The number of carbonyl (C=O) groups is 1. The Morgan fingerprint density at radius 1 is 1.59 bits per heavy atom. The molecule has 1 rings (SSSR count). The third-order valence-corrected chi connectivity index (χ3v) is 2.60. The van der Waals surface area contributed by atoms with Crippen LogP contribution in [-0.2, 0) is 16.0 Å². The van der Waals surface area contributed by atoms with Gasteiger partial charge < -0.3 is 9.72 Å². The van der Waals surface area contributed by atoms with Crippen LogP contribution in [0.5, 0.6) is 0 Å². The monoisotopic (exact) mass is 309 g/mol. The minimum Gasteiger partial charge on any atom is -0.466 e. The number of aromatic amines is 1. The van der Waals surface area contributed by atoms with Crippen molar-refractivity contribution in [2.75, 3.05) is 6.61 Å². The highest BCUT2D eigenvalue weighted by Crippen LogP contribution is 2.20. The van der Waals surface area contributed by atoms with Crippen LogP contribution in [0.4, 0.5) is 8.78 Å². The minimum atomic E-state index is -2.85. The molecule has 0 aliphatic heterocycles. The molecule has 0 radical (unpaired) electrons. The third-order valence-electron chi connectivity index (χ3n) is 2.02. The molecule has 17 heavy (non-hydrogen) atoms. The maximum absolute atomic E-state index is 12.6. The number of hydrogen-bond donors (Lipinski definition) is 1. The highest BCUT2D eigenvalue weighted by Gasteiger charge is 2.20. The van der Waals surface area contributed by atoms with E-state index < -0.39 is 29.9 Å². The van der Waals surface area contributed by atoms with E-state index >= 15 is 0 Å². The fraction of sp³-hybridized carbons (Fsp3) is 0.400. The molecular formula is C10H10BrF2NO3. The first-order chi connectivity index (χ1) is 7.97. The molecule has 0 saturated carbocycles. The molecule has 94 valence electrons. The van der Waals surface area contributed by atoms with Crippen LogP contribution in [0.15, 0.2) is 15.5 Å². The normalized spacial score (nSPS) is 10.6. The Morgan fingerprint density at radius 2 is 2.24 bits per heavy atom. The van der Waals surface area contributed by atoms with Crippen LogP contribution >= 0.6 is 15.9 Å². The van der Waals surface area contributed by atoms with E-state index in [0.29, 0.717) is 0 Å². The molecular weight excluding hydrogens is 300 g/mol. The van der Waals surface area contributed by atoms with Crippen molar-refractivity contribution < 1.29 is 18.3 Å². The first-order valence-electron chi connectivity index (χ1n) is 4.81. The molecule has 4 nitrogen and oxygen atoms in total. The van der Waals surface area contributed by atoms with E-state index in [-0.39, 0.29) is 16.6 Å². The van der Waals surface area contributed by atoms with E-state index in [9.17, 15) is 18.4 Å². The molecule has 7 heteroatoms. The van der Waals surface area contributed by atoms with Gasteiger partial charge in [0.15, 0.2) is 5.43 Å². The fourth-order valence-corrected chi connectivity index (χ4v) is 1.64. The van der Waals surface area contributed by atoms with Crippen molar-refractivity contribution in [3.63, 3.8) is 0 Å². The Labute approximate surface area is 104 Å². The second-order valence-electron chi connectivity index (χ2n) is 3.14. The Bertz CT molecular complexity index is 473. The lowest BCUT2D eigenvalue weighted by molar-refractivity contribution is -0.142. The predicted octanol–water partition coefficient (Wildman–Crippen LogP) is 2.18. The van der Waals surface area contributed by atoms with Gasteiger partial charge in [-0.05, 0) is 22.9 Å². The zero-order valence-corrected chi connectivity index (χ0v) is 10.5. The number of aromatic nitrogens is 1. The molecule has 1 heterocycles. The molecule has 0 unspecified atom stereocenters. The number of rotatable bonds is 4. The summed E-state index contributed by atoms with van der Waals surface area (Å²) < 4.78 is 30.0. The number of pyridine rings is 1. The Hall–Kier alpha value is -1.24. The molecule has 1 aromatic rings. The number of ether oxygens (including phenoxy) is 1. The second-order valence-corrected chi connectivity index (χ2v) is 3.99. The van der Waals surface area contributed by atoms with Crippen LogP contribution in [0, 0.1) is 0 Å². The number of carbonyl (C=O) groups excluding carboxylic acids is 1. The van der Waals surface area contributed by atoms with Gasteiger partial charge in [0.1, 0.15) is 0 Å².